The van der Waals surface area contributed by atoms with Crippen molar-refractivity contribution in [1.82, 2.24) is 15.3 Å². The van der Waals surface area contributed by atoms with Crippen molar-refractivity contribution in [3.05, 3.63) is 12.0 Å². The molecular weight excluding hydrogens is 237 g/mol. The number of hydrogen-bond donors (Lipinski definition) is 2. The van der Waals surface area contributed by atoms with Crippen molar-refractivity contribution in [3.8, 4) is 0 Å². The van der Waals surface area contributed by atoms with Gasteiger partial charge in [0.1, 0.15) is 6.04 Å². The van der Waals surface area contributed by atoms with Gasteiger partial charge >= 0.3 is 0 Å². The summed E-state index contributed by atoms with van der Waals surface area (Å²) in [7, 11) is 1.66. The van der Waals surface area contributed by atoms with Gasteiger partial charge in [0.15, 0.2) is 11.6 Å². The van der Waals surface area contributed by atoms with E-state index in [0.29, 0.717) is 25.5 Å². The highest BCUT2D eigenvalue weighted by Gasteiger charge is 2.30. The summed E-state index contributed by atoms with van der Waals surface area (Å²) in [5, 5.41) is 5.53. The molecule has 18 heavy (non-hydrogen) atoms. The molecule has 7 heteroatoms. The Morgan fingerprint density at radius 1 is 1.67 bits per heavy atom. The predicted molar refractivity (Wildman–Crippen MR) is 66.0 cm³/mol. The van der Waals surface area contributed by atoms with Crippen LogP contribution in [0.2, 0.25) is 0 Å². The highest BCUT2D eigenvalue weighted by molar-refractivity contribution is 5.86. The number of aromatic nitrogens is 2. The summed E-state index contributed by atoms with van der Waals surface area (Å²) in [5.74, 6) is -0.0850. The Kier molecular flexibility index (Phi) is 3.59. The number of amides is 1. The van der Waals surface area contributed by atoms with E-state index in [0.717, 1.165) is 6.20 Å². The summed E-state index contributed by atoms with van der Waals surface area (Å²) < 4.78 is 13.8. The molecule has 2 rings (SSSR count). The van der Waals surface area contributed by atoms with Crippen molar-refractivity contribution in [2.45, 2.75) is 19.4 Å². The number of hydrogen-bond acceptors (Lipinski definition) is 5. The Hall–Kier alpha value is -1.92. The van der Waals surface area contributed by atoms with Crippen molar-refractivity contribution < 1.29 is 9.18 Å². The molecule has 1 saturated heterocycles. The minimum atomic E-state index is -0.512. The first kappa shape index (κ1) is 12.5. The van der Waals surface area contributed by atoms with Crippen LogP contribution in [0.4, 0.5) is 16.2 Å². The lowest BCUT2D eigenvalue weighted by molar-refractivity contribution is -0.123. The van der Waals surface area contributed by atoms with E-state index in [1.807, 2.05) is 6.92 Å². The Balaban J connectivity index is 2.36. The molecule has 2 heterocycles. The Bertz CT molecular complexity index is 453. The van der Waals surface area contributed by atoms with Crippen LogP contribution in [0, 0.1) is 5.82 Å². The second-order valence-corrected chi connectivity index (χ2v) is 4.02. The van der Waals surface area contributed by atoms with Crippen molar-refractivity contribution >= 4 is 17.7 Å². The first-order chi connectivity index (χ1) is 8.67. The van der Waals surface area contributed by atoms with Gasteiger partial charge in [-0.1, -0.05) is 6.92 Å². The molecule has 1 amide bonds. The normalized spacial score (nSPS) is 19.6. The molecule has 1 aliphatic heterocycles. The van der Waals surface area contributed by atoms with Gasteiger partial charge in [-0.15, -0.1) is 0 Å². The van der Waals surface area contributed by atoms with Crippen LogP contribution in [0.5, 0.6) is 0 Å². The summed E-state index contributed by atoms with van der Waals surface area (Å²) in [6.45, 7) is 2.93. The molecule has 0 aromatic carbocycles. The minimum absolute atomic E-state index is 0.0900. The van der Waals surface area contributed by atoms with E-state index < -0.39 is 5.82 Å². The maximum absolute atomic E-state index is 13.8. The fourth-order valence-corrected chi connectivity index (χ4v) is 2.05. The van der Waals surface area contributed by atoms with Gasteiger partial charge in [-0.05, 0) is 6.42 Å². The van der Waals surface area contributed by atoms with E-state index in [2.05, 4.69) is 20.6 Å². The van der Waals surface area contributed by atoms with Gasteiger partial charge < -0.3 is 15.5 Å². The van der Waals surface area contributed by atoms with Gasteiger partial charge in [0, 0.05) is 20.1 Å². The zero-order chi connectivity index (χ0) is 13.1. The van der Waals surface area contributed by atoms with Crippen LogP contribution in [0.25, 0.3) is 0 Å². The average molecular weight is 253 g/mol. The fourth-order valence-electron chi connectivity index (χ4n) is 2.05. The second kappa shape index (κ2) is 5.16. The summed E-state index contributed by atoms with van der Waals surface area (Å²) in [6.07, 6.45) is 1.72. The minimum Gasteiger partial charge on any atom is -0.357 e. The molecule has 1 aromatic heterocycles. The van der Waals surface area contributed by atoms with E-state index in [4.69, 9.17) is 0 Å². The predicted octanol–water partition coefficient (Wildman–Crippen LogP) is 0.372. The smallest absolute Gasteiger partial charge is 0.242 e. The molecule has 98 valence electrons. The van der Waals surface area contributed by atoms with E-state index in [9.17, 15) is 9.18 Å². The topological polar surface area (TPSA) is 70.2 Å². The maximum Gasteiger partial charge on any atom is 0.242 e. The third-order valence-corrected chi connectivity index (χ3v) is 2.94. The van der Waals surface area contributed by atoms with E-state index in [1.54, 1.807) is 11.9 Å². The van der Waals surface area contributed by atoms with Gasteiger partial charge in [-0.25, -0.2) is 9.37 Å². The van der Waals surface area contributed by atoms with Crippen molar-refractivity contribution in [1.29, 1.82) is 0 Å². The van der Waals surface area contributed by atoms with Crippen LogP contribution in [0.3, 0.4) is 0 Å². The molecule has 1 atom stereocenters. The zero-order valence-corrected chi connectivity index (χ0v) is 10.4. The Labute approximate surface area is 105 Å². The van der Waals surface area contributed by atoms with Gasteiger partial charge in [0.2, 0.25) is 11.9 Å². The Morgan fingerprint density at radius 3 is 3.11 bits per heavy atom. The number of carbonyl (C=O) groups excluding carboxylic acids is 1. The monoisotopic (exact) mass is 253 g/mol. The van der Waals surface area contributed by atoms with Crippen molar-refractivity contribution in [2.75, 3.05) is 30.4 Å². The van der Waals surface area contributed by atoms with Crippen LogP contribution in [-0.2, 0) is 4.79 Å². The molecule has 0 bridgehead atoms. The van der Waals surface area contributed by atoms with E-state index >= 15 is 0 Å². The zero-order valence-electron chi connectivity index (χ0n) is 10.4. The van der Waals surface area contributed by atoms with Gasteiger partial charge in [-0.3, -0.25) is 4.79 Å². The number of piperazine rings is 1. The third kappa shape index (κ3) is 2.20. The quantitative estimate of drug-likeness (QED) is 0.814. The van der Waals surface area contributed by atoms with Gasteiger partial charge in [0.05, 0.1) is 6.20 Å². The molecule has 0 aliphatic carbocycles. The third-order valence-electron chi connectivity index (χ3n) is 2.94. The van der Waals surface area contributed by atoms with Crippen LogP contribution in [0.1, 0.15) is 13.3 Å². The molecular formula is C11H16FN5O. The lowest BCUT2D eigenvalue weighted by atomic mass is 10.1. The van der Waals surface area contributed by atoms with Crippen LogP contribution in [0.15, 0.2) is 6.20 Å². The number of rotatable bonds is 3. The Morgan fingerprint density at radius 2 is 2.44 bits per heavy atom. The summed E-state index contributed by atoms with van der Waals surface area (Å²) in [4.78, 5) is 21.3. The lowest BCUT2D eigenvalue weighted by Gasteiger charge is -2.35. The molecule has 1 aromatic rings. The number of carbonyl (C=O) groups is 1. The fraction of sp³-hybridized carbons (Fsp3) is 0.545. The summed E-state index contributed by atoms with van der Waals surface area (Å²) in [5.41, 5.74) is 0. The highest BCUT2D eigenvalue weighted by Crippen LogP contribution is 2.22. The van der Waals surface area contributed by atoms with Crippen LogP contribution in [-0.4, -0.2) is 42.1 Å². The second-order valence-electron chi connectivity index (χ2n) is 4.02. The first-order valence-corrected chi connectivity index (χ1v) is 5.92. The maximum atomic E-state index is 13.8. The molecule has 6 nitrogen and oxygen atoms in total. The summed E-state index contributed by atoms with van der Waals surface area (Å²) >= 11 is 0. The van der Waals surface area contributed by atoms with E-state index in [-0.39, 0.29) is 17.8 Å². The molecule has 0 radical (unpaired) electrons. The molecule has 1 fully saturated rings. The number of nitrogens with zero attached hydrogens (tertiary/aromatic N) is 3. The van der Waals surface area contributed by atoms with Crippen molar-refractivity contribution in [2.24, 2.45) is 0 Å². The first-order valence-electron chi connectivity index (χ1n) is 5.92. The molecule has 0 spiro atoms. The largest absolute Gasteiger partial charge is 0.357 e. The standard InChI is InChI=1S/C11H16FN5O/c1-3-8-10(18)14-4-5-17(8)9-7(12)6-15-11(13-2)16-9/h6,8H,3-5H2,1-2H3,(H,14,18)(H,13,15,16). The number of anilines is 2. The summed E-state index contributed by atoms with van der Waals surface area (Å²) in [6, 6.07) is -0.382. The number of nitrogens with one attached hydrogen (secondary N) is 2. The SMILES string of the molecule is CCC1C(=O)NCCN1c1nc(NC)ncc1F. The lowest BCUT2D eigenvalue weighted by Crippen LogP contribution is -2.55. The molecule has 0 saturated carbocycles. The van der Waals surface area contributed by atoms with Crippen molar-refractivity contribution in [3.63, 3.8) is 0 Å². The molecule has 1 unspecified atom stereocenters. The average Bonchev–Trinajstić information content (AvgIpc) is 2.39. The van der Waals surface area contributed by atoms with Gasteiger partial charge in [-0.2, -0.15) is 4.98 Å². The van der Waals surface area contributed by atoms with Crippen LogP contribution >= 0.6 is 0 Å². The molecule has 2 N–H and O–H groups in total. The molecule has 1 aliphatic rings. The van der Waals surface area contributed by atoms with Crippen LogP contribution < -0.4 is 15.5 Å². The van der Waals surface area contributed by atoms with E-state index in [1.165, 1.54) is 0 Å². The highest BCUT2D eigenvalue weighted by atomic mass is 19.1. The number of halogens is 1. The van der Waals surface area contributed by atoms with Gasteiger partial charge in [0.25, 0.3) is 0 Å².